The number of benzene rings is 1. The van der Waals surface area contributed by atoms with Crippen molar-refractivity contribution in [2.75, 3.05) is 0 Å². The van der Waals surface area contributed by atoms with Crippen LogP contribution >= 0.6 is 11.3 Å². The van der Waals surface area contributed by atoms with Gasteiger partial charge in [0.2, 0.25) is 0 Å². The zero-order valence-electron chi connectivity index (χ0n) is 11.0. The van der Waals surface area contributed by atoms with E-state index in [1.165, 1.54) is 6.42 Å². The van der Waals surface area contributed by atoms with Gasteiger partial charge < -0.3 is 5.11 Å². The van der Waals surface area contributed by atoms with Crippen molar-refractivity contribution in [2.45, 2.75) is 44.1 Å². The second-order valence-corrected chi connectivity index (χ2v) is 6.40. The molecule has 0 amide bonds. The van der Waals surface area contributed by atoms with Gasteiger partial charge >= 0.3 is 0 Å². The standard InChI is InChI=1S/C16H19NOS/c18-16(9-5-2-6-10-16)11-15-17-14(12-19-15)13-7-3-1-4-8-13/h1,3-4,7-8,12,18H,2,5-6,9-11H2. The third-order valence-electron chi connectivity index (χ3n) is 3.89. The first kappa shape index (κ1) is 12.8. The molecular formula is C16H19NOS. The fourth-order valence-corrected chi connectivity index (χ4v) is 3.74. The molecule has 2 nitrogen and oxygen atoms in total. The molecule has 0 aliphatic heterocycles. The number of thiazole rings is 1. The van der Waals surface area contributed by atoms with Gasteiger partial charge in [-0.3, -0.25) is 0 Å². The van der Waals surface area contributed by atoms with Crippen molar-refractivity contribution < 1.29 is 5.11 Å². The van der Waals surface area contributed by atoms with E-state index in [0.717, 1.165) is 41.9 Å². The summed E-state index contributed by atoms with van der Waals surface area (Å²) in [4.78, 5) is 4.68. The number of rotatable bonds is 3. The number of aliphatic hydroxyl groups is 1. The fraction of sp³-hybridized carbons (Fsp3) is 0.438. The summed E-state index contributed by atoms with van der Waals surface area (Å²) in [7, 11) is 0. The molecule has 0 unspecified atom stereocenters. The Morgan fingerprint density at radius 1 is 1.11 bits per heavy atom. The molecule has 1 heterocycles. The van der Waals surface area contributed by atoms with Crippen LogP contribution in [0.5, 0.6) is 0 Å². The largest absolute Gasteiger partial charge is 0.389 e. The summed E-state index contributed by atoms with van der Waals surface area (Å²) in [5.74, 6) is 0. The first-order valence-corrected chi connectivity index (χ1v) is 7.85. The minimum atomic E-state index is -0.510. The summed E-state index contributed by atoms with van der Waals surface area (Å²) in [6.45, 7) is 0. The van der Waals surface area contributed by atoms with Gasteiger partial charge in [-0.2, -0.15) is 0 Å². The number of aromatic nitrogens is 1. The van der Waals surface area contributed by atoms with Crippen LogP contribution in [0, 0.1) is 0 Å². The summed E-state index contributed by atoms with van der Waals surface area (Å²) < 4.78 is 0. The van der Waals surface area contributed by atoms with E-state index in [4.69, 9.17) is 0 Å². The van der Waals surface area contributed by atoms with Crippen LogP contribution in [0.4, 0.5) is 0 Å². The molecule has 2 aromatic rings. The smallest absolute Gasteiger partial charge is 0.0961 e. The maximum Gasteiger partial charge on any atom is 0.0961 e. The van der Waals surface area contributed by atoms with Crippen molar-refractivity contribution in [3.05, 3.63) is 40.7 Å². The zero-order chi connectivity index (χ0) is 13.1. The van der Waals surface area contributed by atoms with Gasteiger partial charge in [0, 0.05) is 17.4 Å². The number of nitrogens with zero attached hydrogens (tertiary/aromatic N) is 1. The molecule has 19 heavy (non-hydrogen) atoms. The molecule has 3 rings (SSSR count). The Morgan fingerprint density at radius 2 is 1.84 bits per heavy atom. The van der Waals surface area contributed by atoms with E-state index in [-0.39, 0.29) is 0 Å². The lowest BCUT2D eigenvalue weighted by molar-refractivity contribution is 0.00447. The molecule has 1 aliphatic carbocycles. The maximum atomic E-state index is 10.6. The topological polar surface area (TPSA) is 33.1 Å². The van der Waals surface area contributed by atoms with Crippen LogP contribution < -0.4 is 0 Å². The predicted molar refractivity (Wildman–Crippen MR) is 79.3 cm³/mol. The predicted octanol–water partition coefficient (Wildman–Crippen LogP) is 4.05. The Kier molecular flexibility index (Phi) is 3.67. The fourth-order valence-electron chi connectivity index (χ4n) is 2.80. The van der Waals surface area contributed by atoms with Crippen LogP contribution in [0.3, 0.4) is 0 Å². The molecule has 1 saturated carbocycles. The zero-order valence-corrected chi connectivity index (χ0v) is 11.8. The lowest BCUT2D eigenvalue weighted by Gasteiger charge is -2.31. The van der Waals surface area contributed by atoms with Crippen molar-refractivity contribution in [3.63, 3.8) is 0 Å². The molecule has 1 N–H and O–H groups in total. The van der Waals surface area contributed by atoms with Crippen LogP contribution in [-0.4, -0.2) is 15.7 Å². The van der Waals surface area contributed by atoms with Crippen molar-refractivity contribution in [2.24, 2.45) is 0 Å². The van der Waals surface area contributed by atoms with Crippen LogP contribution in [0.15, 0.2) is 35.7 Å². The van der Waals surface area contributed by atoms with Crippen molar-refractivity contribution >= 4 is 11.3 Å². The molecule has 0 radical (unpaired) electrons. The second-order valence-electron chi connectivity index (χ2n) is 5.45. The molecule has 3 heteroatoms. The minimum absolute atomic E-state index is 0.510. The van der Waals surface area contributed by atoms with Crippen LogP contribution in [0.2, 0.25) is 0 Å². The molecule has 0 bridgehead atoms. The number of hydrogen-bond acceptors (Lipinski definition) is 3. The second kappa shape index (κ2) is 5.43. The van der Waals surface area contributed by atoms with Gasteiger partial charge in [0.1, 0.15) is 0 Å². The van der Waals surface area contributed by atoms with Gasteiger partial charge in [0.25, 0.3) is 0 Å². The Morgan fingerprint density at radius 3 is 2.58 bits per heavy atom. The molecule has 0 atom stereocenters. The van der Waals surface area contributed by atoms with Crippen molar-refractivity contribution in [1.82, 2.24) is 4.98 Å². The highest BCUT2D eigenvalue weighted by atomic mass is 32.1. The molecule has 100 valence electrons. The Labute approximate surface area is 118 Å². The van der Waals surface area contributed by atoms with Crippen LogP contribution in [-0.2, 0) is 6.42 Å². The summed E-state index contributed by atoms with van der Waals surface area (Å²) in [5.41, 5.74) is 1.67. The molecule has 0 saturated heterocycles. The van der Waals surface area contributed by atoms with Crippen LogP contribution in [0.1, 0.15) is 37.1 Å². The normalized spacial score (nSPS) is 18.4. The third kappa shape index (κ3) is 3.04. The maximum absolute atomic E-state index is 10.6. The molecule has 1 fully saturated rings. The molecule has 0 spiro atoms. The first-order valence-electron chi connectivity index (χ1n) is 6.97. The highest BCUT2D eigenvalue weighted by Crippen LogP contribution is 2.32. The van der Waals surface area contributed by atoms with Gasteiger partial charge in [0.15, 0.2) is 0 Å². The van der Waals surface area contributed by atoms with Gasteiger partial charge in [-0.1, -0.05) is 49.6 Å². The Hall–Kier alpha value is -1.19. The lowest BCUT2D eigenvalue weighted by atomic mass is 9.83. The van der Waals surface area contributed by atoms with Crippen molar-refractivity contribution in [3.8, 4) is 11.3 Å². The van der Waals surface area contributed by atoms with Gasteiger partial charge in [0.05, 0.1) is 16.3 Å². The molecule has 1 aromatic carbocycles. The van der Waals surface area contributed by atoms with Gasteiger partial charge in [-0.15, -0.1) is 11.3 Å². The Bertz CT molecular complexity index is 529. The quantitative estimate of drug-likeness (QED) is 0.915. The summed E-state index contributed by atoms with van der Waals surface area (Å²) in [6.07, 6.45) is 6.11. The van der Waals surface area contributed by atoms with E-state index in [1.807, 2.05) is 18.2 Å². The van der Waals surface area contributed by atoms with Crippen molar-refractivity contribution in [1.29, 1.82) is 0 Å². The first-order chi connectivity index (χ1) is 9.25. The minimum Gasteiger partial charge on any atom is -0.389 e. The summed E-state index contributed by atoms with van der Waals surface area (Å²) >= 11 is 1.67. The van der Waals surface area contributed by atoms with E-state index in [0.29, 0.717) is 6.42 Å². The highest BCUT2D eigenvalue weighted by molar-refractivity contribution is 7.09. The van der Waals surface area contributed by atoms with E-state index in [2.05, 4.69) is 22.5 Å². The van der Waals surface area contributed by atoms with E-state index < -0.39 is 5.60 Å². The summed E-state index contributed by atoms with van der Waals surface area (Å²) in [6, 6.07) is 10.2. The Balaban J connectivity index is 1.75. The molecule has 1 aliphatic rings. The number of hydrogen-bond donors (Lipinski definition) is 1. The van der Waals surface area contributed by atoms with Gasteiger partial charge in [-0.05, 0) is 12.8 Å². The highest BCUT2D eigenvalue weighted by Gasteiger charge is 2.30. The average molecular weight is 273 g/mol. The van der Waals surface area contributed by atoms with E-state index >= 15 is 0 Å². The van der Waals surface area contributed by atoms with E-state index in [1.54, 1.807) is 11.3 Å². The lowest BCUT2D eigenvalue weighted by Crippen LogP contribution is -2.33. The van der Waals surface area contributed by atoms with E-state index in [9.17, 15) is 5.11 Å². The molecular weight excluding hydrogens is 254 g/mol. The third-order valence-corrected chi connectivity index (χ3v) is 4.73. The molecule has 1 aromatic heterocycles. The monoisotopic (exact) mass is 273 g/mol. The van der Waals surface area contributed by atoms with Gasteiger partial charge in [-0.25, -0.2) is 4.98 Å². The average Bonchev–Trinajstić information content (AvgIpc) is 2.88. The SMILES string of the molecule is OC1(Cc2nc(-c3ccccc3)cs2)CCCCC1. The van der Waals surface area contributed by atoms with Crippen LogP contribution in [0.25, 0.3) is 11.3 Å². The summed E-state index contributed by atoms with van der Waals surface area (Å²) in [5, 5.41) is 13.7.